The van der Waals surface area contributed by atoms with E-state index in [1.165, 1.54) is 0 Å². The zero-order valence-corrected chi connectivity index (χ0v) is 14.9. The molecular formula is C23H17N3O2. The normalized spacial score (nSPS) is 17.9. The van der Waals surface area contributed by atoms with Crippen molar-refractivity contribution in [3.63, 3.8) is 0 Å². The maximum Gasteiger partial charge on any atom is 0.259 e. The van der Waals surface area contributed by atoms with Gasteiger partial charge >= 0.3 is 0 Å². The van der Waals surface area contributed by atoms with Crippen molar-refractivity contribution in [2.24, 2.45) is 0 Å². The predicted octanol–water partition coefficient (Wildman–Crippen LogP) is 3.79. The van der Waals surface area contributed by atoms with Crippen LogP contribution in [0.2, 0.25) is 0 Å². The van der Waals surface area contributed by atoms with Gasteiger partial charge in [-0.15, -0.1) is 0 Å². The molecule has 2 amide bonds. The summed E-state index contributed by atoms with van der Waals surface area (Å²) in [5.41, 5.74) is 2.14. The lowest BCUT2D eigenvalue weighted by Crippen LogP contribution is -2.50. The SMILES string of the molecule is O=C1N[C@](C(=O)Nc2ccccc2)(c2c[nH]c3ccccc23)c2ccccc21. The van der Waals surface area contributed by atoms with Crippen molar-refractivity contribution in [3.05, 3.63) is 102 Å². The Hall–Kier alpha value is -3.86. The molecule has 0 fully saturated rings. The Morgan fingerprint density at radius 2 is 1.54 bits per heavy atom. The van der Waals surface area contributed by atoms with Crippen LogP contribution in [0.3, 0.4) is 0 Å². The van der Waals surface area contributed by atoms with E-state index in [1.807, 2.05) is 66.7 Å². The second kappa shape index (κ2) is 6.09. The molecule has 136 valence electrons. The minimum atomic E-state index is -1.32. The molecule has 0 saturated carbocycles. The van der Waals surface area contributed by atoms with Crippen molar-refractivity contribution >= 4 is 28.4 Å². The van der Waals surface area contributed by atoms with Crippen LogP contribution >= 0.6 is 0 Å². The van der Waals surface area contributed by atoms with E-state index in [-0.39, 0.29) is 11.8 Å². The van der Waals surface area contributed by atoms with Crippen LogP contribution in [0.25, 0.3) is 10.9 Å². The molecule has 2 heterocycles. The summed E-state index contributed by atoms with van der Waals surface area (Å²) in [6, 6.07) is 24.2. The van der Waals surface area contributed by atoms with Crippen LogP contribution in [0.1, 0.15) is 21.5 Å². The third-order valence-corrected chi connectivity index (χ3v) is 5.24. The summed E-state index contributed by atoms with van der Waals surface area (Å²) in [7, 11) is 0. The minimum absolute atomic E-state index is 0.260. The lowest BCUT2D eigenvalue weighted by Gasteiger charge is -2.29. The van der Waals surface area contributed by atoms with E-state index in [4.69, 9.17) is 0 Å². The van der Waals surface area contributed by atoms with Gasteiger partial charge in [-0.25, -0.2) is 0 Å². The quantitative estimate of drug-likeness (QED) is 0.515. The molecular weight excluding hydrogens is 350 g/mol. The van der Waals surface area contributed by atoms with Gasteiger partial charge in [0.1, 0.15) is 0 Å². The van der Waals surface area contributed by atoms with Gasteiger partial charge in [0.2, 0.25) is 0 Å². The van der Waals surface area contributed by atoms with Gasteiger partial charge in [-0.1, -0.05) is 54.6 Å². The fraction of sp³-hybridized carbons (Fsp3) is 0.0435. The Bertz CT molecular complexity index is 1210. The Morgan fingerprint density at radius 1 is 0.821 bits per heavy atom. The van der Waals surface area contributed by atoms with Crippen LogP contribution in [0.15, 0.2) is 85.1 Å². The van der Waals surface area contributed by atoms with Crippen molar-refractivity contribution < 1.29 is 9.59 Å². The lowest BCUT2D eigenvalue weighted by molar-refractivity contribution is -0.120. The molecule has 1 aromatic heterocycles. The second-order valence-electron chi connectivity index (χ2n) is 6.82. The van der Waals surface area contributed by atoms with E-state index in [9.17, 15) is 9.59 Å². The monoisotopic (exact) mass is 367 g/mol. The van der Waals surface area contributed by atoms with Crippen LogP contribution in [-0.2, 0) is 10.3 Å². The Kier molecular flexibility index (Phi) is 3.55. The lowest BCUT2D eigenvalue weighted by atomic mass is 9.82. The van der Waals surface area contributed by atoms with E-state index >= 15 is 0 Å². The van der Waals surface area contributed by atoms with Crippen LogP contribution in [0, 0.1) is 0 Å². The zero-order valence-electron chi connectivity index (χ0n) is 14.9. The van der Waals surface area contributed by atoms with Gasteiger partial charge in [0, 0.05) is 39.5 Å². The largest absolute Gasteiger partial charge is 0.361 e. The molecule has 0 bridgehead atoms. The summed E-state index contributed by atoms with van der Waals surface area (Å²) in [5.74, 6) is -0.564. The molecule has 3 aromatic carbocycles. The average molecular weight is 367 g/mol. The van der Waals surface area contributed by atoms with Crippen molar-refractivity contribution in [1.29, 1.82) is 0 Å². The van der Waals surface area contributed by atoms with Gasteiger partial charge in [0.25, 0.3) is 11.8 Å². The molecule has 4 aromatic rings. The fourth-order valence-corrected chi connectivity index (χ4v) is 3.96. The van der Waals surface area contributed by atoms with Crippen LogP contribution in [-0.4, -0.2) is 16.8 Å². The Labute approximate surface area is 161 Å². The van der Waals surface area contributed by atoms with Crippen molar-refractivity contribution in [1.82, 2.24) is 10.3 Å². The first kappa shape index (κ1) is 16.3. The Balaban J connectivity index is 1.75. The number of benzene rings is 3. The maximum atomic E-state index is 13.6. The highest BCUT2D eigenvalue weighted by Crippen LogP contribution is 2.41. The van der Waals surface area contributed by atoms with Crippen molar-refractivity contribution in [2.75, 3.05) is 5.32 Å². The van der Waals surface area contributed by atoms with Crippen molar-refractivity contribution in [3.8, 4) is 0 Å². The number of aromatic amines is 1. The molecule has 5 heteroatoms. The standard InChI is InChI=1S/C23H17N3O2/c27-21-17-11-4-6-12-18(17)23(26-21,22(28)25-15-8-2-1-3-9-15)19-14-24-20-13-7-5-10-16(19)20/h1-14,24H,(H,25,28)(H,26,27)/t23-/m0/s1. The van der Waals surface area contributed by atoms with E-state index in [0.29, 0.717) is 16.8 Å². The number of anilines is 1. The fourth-order valence-electron chi connectivity index (χ4n) is 3.96. The second-order valence-corrected chi connectivity index (χ2v) is 6.82. The number of amides is 2. The smallest absolute Gasteiger partial charge is 0.259 e. The highest BCUT2D eigenvalue weighted by Gasteiger charge is 2.51. The van der Waals surface area contributed by atoms with Gasteiger partial charge in [-0.3, -0.25) is 9.59 Å². The summed E-state index contributed by atoms with van der Waals surface area (Å²) in [6.07, 6.45) is 1.80. The summed E-state index contributed by atoms with van der Waals surface area (Å²) >= 11 is 0. The third kappa shape index (κ3) is 2.26. The number of hydrogen-bond donors (Lipinski definition) is 3. The van der Waals surface area contributed by atoms with E-state index in [1.54, 1.807) is 18.3 Å². The molecule has 0 unspecified atom stereocenters. The topological polar surface area (TPSA) is 74.0 Å². The van der Waals surface area contributed by atoms with Gasteiger partial charge in [0.05, 0.1) is 0 Å². The minimum Gasteiger partial charge on any atom is -0.361 e. The number of aromatic nitrogens is 1. The first-order chi connectivity index (χ1) is 13.7. The molecule has 5 rings (SSSR count). The highest BCUT2D eigenvalue weighted by atomic mass is 16.2. The molecule has 0 spiro atoms. The average Bonchev–Trinajstić information content (AvgIpc) is 3.29. The highest BCUT2D eigenvalue weighted by molar-refractivity contribution is 6.13. The molecule has 1 aliphatic rings. The third-order valence-electron chi connectivity index (χ3n) is 5.24. The van der Waals surface area contributed by atoms with Gasteiger partial charge in [-0.2, -0.15) is 0 Å². The summed E-state index contributed by atoms with van der Waals surface area (Å²) < 4.78 is 0. The van der Waals surface area contributed by atoms with Crippen LogP contribution < -0.4 is 10.6 Å². The zero-order chi connectivity index (χ0) is 19.1. The van der Waals surface area contributed by atoms with E-state index in [2.05, 4.69) is 15.6 Å². The number of hydrogen-bond acceptors (Lipinski definition) is 2. The molecule has 0 radical (unpaired) electrons. The van der Waals surface area contributed by atoms with Crippen molar-refractivity contribution in [2.45, 2.75) is 5.54 Å². The van der Waals surface area contributed by atoms with E-state index < -0.39 is 5.54 Å². The molecule has 1 aliphatic heterocycles. The molecule has 5 nitrogen and oxygen atoms in total. The van der Waals surface area contributed by atoms with Crippen LogP contribution in [0.5, 0.6) is 0 Å². The number of nitrogens with one attached hydrogen (secondary N) is 3. The molecule has 3 N–H and O–H groups in total. The van der Waals surface area contributed by atoms with E-state index in [0.717, 1.165) is 16.5 Å². The first-order valence-corrected chi connectivity index (χ1v) is 9.05. The molecule has 1 atom stereocenters. The van der Waals surface area contributed by atoms with Gasteiger partial charge < -0.3 is 15.6 Å². The number of rotatable bonds is 3. The number of carbonyl (C=O) groups excluding carboxylic acids is 2. The van der Waals surface area contributed by atoms with Gasteiger partial charge in [-0.05, 0) is 24.3 Å². The molecule has 28 heavy (non-hydrogen) atoms. The number of para-hydroxylation sites is 2. The number of H-pyrrole nitrogens is 1. The Morgan fingerprint density at radius 3 is 2.39 bits per heavy atom. The number of carbonyl (C=O) groups is 2. The molecule has 0 aliphatic carbocycles. The summed E-state index contributed by atoms with van der Waals surface area (Å²) in [4.78, 5) is 29.6. The van der Waals surface area contributed by atoms with Gasteiger partial charge in [0.15, 0.2) is 5.54 Å². The predicted molar refractivity (Wildman–Crippen MR) is 108 cm³/mol. The summed E-state index contributed by atoms with van der Waals surface area (Å²) in [6.45, 7) is 0. The first-order valence-electron chi connectivity index (χ1n) is 9.05. The van der Waals surface area contributed by atoms with Crippen LogP contribution in [0.4, 0.5) is 5.69 Å². The summed E-state index contributed by atoms with van der Waals surface area (Å²) in [5, 5.41) is 6.84. The molecule has 0 saturated heterocycles. The maximum absolute atomic E-state index is 13.6. The number of fused-ring (bicyclic) bond motifs is 2.